The van der Waals surface area contributed by atoms with E-state index in [0.29, 0.717) is 31.4 Å². The summed E-state index contributed by atoms with van der Waals surface area (Å²) >= 11 is 0. The van der Waals surface area contributed by atoms with Crippen molar-refractivity contribution in [1.29, 1.82) is 0 Å². The summed E-state index contributed by atoms with van der Waals surface area (Å²) in [5, 5.41) is 13.4. The lowest BCUT2D eigenvalue weighted by Gasteiger charge is -2.20. The molecule has 0 saturated heterocycles. The van der Waals surface area contributed by atoms with Gasteiger partial charge >= 0.3 is 0 Å². The molecule has 1 aromatic carbocycles. The van der Waals surface area contributed by atoms with Crippen LogP contribution in [0.15, 0.2) is 18.2 Å². The highest BCUT2D eigenvalue weighted by Gasteiger charge is 2.19. The third-order valence-electron chi connectivity index (χ3n) is 3.79. The third kappa shape index (κ3) is 3.00. The van der Waals surface area contributed by atoms with E-state index >= 15 is 0 Å². The van der Waals surface area contributed by atoms with Gasteiger partial charge in [0, 0.05) is 37.8 Å². The van der Waals surface area contributed by atoms with Crippen LogP contribution in [-0.4, -0.2) is 26.3 Å². The first-order valence-corrected chi connectivity index (χ1v) is 7.09. The summed E-state index contributed by atoms with van der Waals surface area (Å²) in [5.74, 6) is -2.96. The van der Waals surface area contributed by atoms with E-state index < -0.39 is 17.5 Å². The first-order valence-electron chi connectivity index (χ1n) is 7.09. The molecule has 3 rings (SSSR count). The Balaban J connectivity index is 1.79. The lowest BCUT2D eigenvalue weighted by Crippen LogP contribution is -2.23. The number of rotatable bonds is 3. The van der Waals surface area contributed by atoms with Crippen LogP contribution in [0.25, 0.3) is 0 Å². The second-order valence-electron chi connectivity index (χ2n) is 5.43. The molecule has 0 radical (unpaired) electrons. The molecule has 0 bridgehead atoms. The molecule has 0 atom stereocenters. The van der Waals surface area contributed by atoms with E-state index in [1.54, 1.807) is 6.07 Å². The van der Waals surface area contributed by atoms with Crippen molar-refractivity contribution < 1.29 is 18.3 Å². The van der Waals surface area contributed by atoms with Gasteiger partial charge in [0.25, 0.3) is 0 Å². The second-order valence-corrected chi connectivity index (χ2v) is 5.43. The molecule has 2 heterocycles. The number of nitrogens with zero attached hydrogens (tertiary/aromatic N) is 3. The van der Waals surface area contributed by atoms with Crippen molar-refractivity contribution in [3.05, 3.63) is 52.6 Å². The van der Waals surface area contributed by atoms with Gasteiger partial charge in [-0.3, -0.25) is 9.58 Å². The predicted molar refractivity (Wildman–Crippen MR) is 73.2 cm³/mol. The Morgan fingerprint density at radius 1 is 1.05 bits per heavy atom. The number of hydrogen-bond donors (Lipinski definition) is 1. The Kier molecular flexibility index (Phi) is 4.17. The van der Waals surface area contributed by atoms with Crippen LogP contribution in [-0.2, 0) is 26.2 Å². The van der Waals surface area contributed by atoms with Gasteiger partial charge in [0.15, 0.2) is 11.6 Å². The van der Waals surface area contributed by atoms with E-state index in [1.807, 2.05) is 9.58 Å². The van der Waals surface area contributed by atoms with Gasteiger partial charge in [0.1, 0.15) is 5.82 Å². The molecular formula is C15H16F3N3O. The number of benzene rings is 1. The molecule has 0 unspecified atom stereocenters. The van der Waals surface area contributed by atoms with Gasteiger partial charge in [0.05, 0.1) is 18.0 Å². The van der Waals surface area contributed by atoms with E-state index in [4.69, 9.17) is 5.11 Å². The number of halogens is 3. The number of aromatic nitrogens is 2. The zero-order valence-electron chi connectivity index (χ0n) is 11.9. The normalized spacial score (nSPS) is 15.6. The molecule has 0 fully saturated rings. The van der Waals surface area contributed by atoms with Gasteiger partial charge in [-0.1, -0.05) is 0 Å². The third-order valence-corrected chi connectivity index (χ3v) is 3.79. The Bertz CT molecular complexity index is 687. The molecule has 1 aliphatic heterocycles. The average molecular weight is 311 g/mol. The van der Waals surface area contributed by atoms with E-state index in [-0.39, 0.29) is 18.7 Å². The zero-order chi connectivity index (χ0) is 15.7. The molecule has 0 saturated carbocycles. The monoisotopic (exact) mass is 311 g/mol. The molecular weight excluding hydrogens is 295 g/mol. The van der Waals surface area contributed by atoms with Gasteiger partial charge in [0.2, 0.25) is 0 Å². The van der Waals surface area contributed by atoms with Crippen LogP contribution in [0.5, 0.6) is 0 Å². The summed E-state index contributed by atoms with van der Waals surface area (Å²) in [6.45, 7) is 2.01. The van der Waals surface area contributed by atoms with Crippen molar-refractivity contribution in [2.75, 3.05) is 6.54 Å². The van der Waals surface area contributed by atoms with E-state index in [1.165, 1.54) is 0 Å². The Hall–Kier alpha value is -1.86. The molecule has 7 heteroatoms. The number of aliphatic hydroxyl groups is 1. The molecule has 118 valence electrons. The van der Waals surface area contributed by atoms with Crippen LogP contribution in [0.4, 0.5) is 13.2 Å². The van der Waals surface area contributed by atoms with Crippen LogP contribution in [0.1, 0.15) is 23.4 Å². The molecule has 0 spiro atoms. The van der Waals surface area contributed by atoms with Crippen LogP contribution in [0, 0.1) is 17.5 Å². The Morgan fingerprint density at radius 3 is 2.59 bits per heavy atom. The topological polar surface area (TPSA) is 41.3 Å². The highest BCUT2D eigenvalue weighted by atomic mass is 19.2. The minimum atomic E-state index is -1.18. The molecule has 0 amide bonds. The molecule has 2 aromatic rings. The minimum absolute atomic E-state index is 0.127. The summed E-state index contributed by atoms with van der Waals surface area (Å²) in [4.78, 5) is 1.96. The van der Waals surface area contributed by atoms with Crippen molar-refractivity contribution in [1.82, 2.24) is 14.7 Å². The van der Waals surface area contributed by atoms with Crippen molar-refractivity contribution in [2.45, 2.75) is 32.7 Å². The van der Waals surface area contributed by atoms with Crippen LogP contribution in [0.3, 0.4) is 0 Å². The van der Waals surface area contributed by atoms with Crippen molar-refractivity contribution in [3.63, 3.8) is 0 Å². The van der Waals surface area contributed by atoms with Crippen molar-refractivity contribution in [2.24, 2.45) is 0 Å². The molecule has 0 aliphatic carbocycles. The molecule has 1 N–H and O–H groups in total. The first kappa shape index (κ1) is 15.1. The highest BCUT2D eigenvalue weighted by molar-refractivity contribution is 5.20. The second kappa shape index (κ2) is 6.10. The maximum absolute atomic E-state index is 13.8. The standard InChI is InChI=1S/C15H16F3N3O/c16-13-6-15(18)14(17)4-10(13)7-20-2-1-3-21-12(8-20)5-11(9-22)19-21/h4-6,22H,1-3,7-9H2. The summed E-state index contributed by atoms with van der Waals surface area (Å²) in [6, 6.07) is 3.29. The molecule has 1 aliphatic rings. The fourth-order valence-electron chi connectivity index (χ4n) is 2.73. The van der Waals surface area contributed by atoms with E-state index in [0.717, 1.165) is 18.2 Å². The number of fused-ring (bicyclic) bond motifs is 1. The number of aryl methyl sites for hydroxylation is 1. The zero-order valence-corrected chi connectivity index (χ0v) is 11.9. The van der Waals surface area contributed by atoms with Crippen molar-refractivity contribution >= 4 is 0 Å². The Labute approximate surface area is 125 Å². The average Bonchev–Trinajstić information content (AvgIpc) is 2.77. The summed E-state index contributed by atoms with van der Waals surface area (Å²) in [6.07, 6.45) is 0.810. The highest BCUT2D eigenvalue weighted by Crippen LogP contribution is 2.19. The largest absolute Gasteiger partial charge is 0.390 e. The molecule has 1 aromatic heterocycles. The maximum Gasteiger partial charge on any atom is 0.161 e. The minimum Gasteiger partial charge on any atom is -0.390 e. The van der Waals surface area contributed by atoms with Gasteiger partial charge in [-0.15, -0.1) is 0 Å². The quantitative estimate of drug-likeness (QED) is 0.884. The lowest BCUT2D eigenvalue weighted by molar-refractivity contribution is 0.255. The van der Waals surface area contributed by atoms with Crippen molar-refractivity contribution in [3.8, 4) is 0 Å². The fraction of sp³-hybridized carbons (Fsp3) is 0.400. The first-order chi connectivity index (χ1) is 10.6. The summed E-state index contributed by atoms with van der Waals surface area (Å²) in [5.41, 5.74) is 1.65. The fourth-order valence-corrected chi connectivity index (χ4v) is 2.73. The number of hydrogen-bond acceptors (Lipinski definition) is 3. The van der Waals surface area contributed by atoms with E-state index in [9.17, 15) is 13.2 Å². The van der Waals surface area contributed by atoms with E-state index in [2.05, 4.69) is 5.10 Å². The maximum atomic E-state index is 13.8. The van der Waals surface area contributed by atoms with Gasteiger partial charge in [-0.25, -0.2) is 13.2 Å². The summed E-state index contributed by atoms with van der Waals surface area (Å²) < 4.78 is 41.8. The smallest absolute Gasteiger partial charge is 0.161 e. The van der Waals surface area contributed by atoms with Gasteiger partial charge in [-0.2, -0.15) is 5.10 Å². The van der Waals surface area contributed by atoms with Crippen LogP contribution in [0.2, 0.25) is 0 Å². The molecule has 22 heavy (non-hydrogen) atoms. The van der Waals surface area contributed by atoms with Gasteiger partial charge in [-0.05, 0) is 18.6 Å². The van der Waals surface area contributed by atoms with Crippen LogP contribution < -0.4 is 0 Å². The Morgan fingerprint density at radius 2 is 1.82 bits per heavy atom. The number of aliphatic hydroxyl groups excluding tert-OH is 1. The summed E-state index contributed by atoms with van der Waals surface area (Å²) in [7, 11) is 0. The molecule has 4 nitrogen and oxygen atoms in total. The predicted octanol–water partition coefficient (Wildman–Crippen LogP) is 2.20. The van der Waals surface area contributed by atoms with Crippen LogP contribution >= 0.6 is 0 Å². The van der Waals surface area contributed by atoms with Gasteiger partial charge < -0.3 is 5.11 Å². The SMILES string of the molecule is OCc1cc2n(n1)CCCN(Cc1cc(F)c(F)cc1F)C2. The lowest BCUT2D eigenvalue weighted by atomic mass is 10.1.